The molecular weight excluding hydrogens is 268 g/mol. The number of rotatable bonds is 4. The topological polar surface area (TPSA) is 27.7 Å². The Labute approximate surface area is 123 Å². The van der Waals surface area contributed by atoms with Gasteiger partial charge < -0.3 is 13.9 Å². The van der Waals surface area contributed by atoms with Gasteiger partial charge in [-0.2, -0.15) is 0 Å². The second kappa shape index (κ2) is 5.60. The van der Waals surface area contributed by atoms with E-state index in [1.165, 1.54) is 5.56 Å². The van der Waals surface area contributed by atoms with Crippen LogP contribution in [0.5, 0.6) is 0 Å². The molecule has 0 saturated carbocycles. The maximum atomic E-state index is 6.29. The first kappa shape index (κ1) is 15.7. The fourth-order valence-corrected chi connectivity index (χ4v) is 3.13. The highest BCUT2D eigenvalue weighted by molar-refractivity contribution is 6.74. The van der Waals surface area contributed by atoms with Crippen molar-refractivity contribution >= 4 is 8.32 Å². The molecule has 2 unspecified atom stereocenters. The molecule has 1 aliphatic heterocycles. The molecule has 0 saturated heterocycles. The quantitative estimate of drug-likeness (QED) is 0.769. The van der Waals surface area contributed by atoms with E-state index in [1.807, 2.05) is 12.1 Å². The third-order valence-electron chi connectivity index (χ3n) is 4.50. The van der Waals surface area contributed by atoms with E-state index in [9.17, 15) is 0 Å². The number of hydrogen-bond donors (Lipinski definition) is 0. The van der Waals surface area contributed by atoms with Gasteiger partial charge in [-0.05, 0) is 23.7 Å². The number of benzene rings is 1. The molecule has 0 aromatic heterocycles. The van der Waals surface area contributed by atoms with E-state index < -0.39 is 8.32 Å². The molecule has 1 heterocycles. The molecule has 2 rings (SSSR count). The van der Waals surface area contributed by atoms with Crippen LogP contribution in [0.3, 0.4) is 0 Å². The maximum absolute atomic E-state index is 6.29. The smallest absolute Gasteiger partial charge is 0.192 e. The first-order valence-corrected chi connectivity index (χ1v) is 10.1. The summed E-state index contributed by atoms with van der Waals surface area (Å²) in [6.45, 7) is 11.9. The molecule has 0 fully saturated rings. The molecule has 0 amide bonds. The maximum Gasteiger partial charge on any atom is 0.192 e. The molecule has 0 N–H and O–H groups in total. The summed E-state index contributed by atoms with van der Waals surface area (Å²) in [5.41, 5.74) is 2.32. The second-order valence-corrected chi connectivity index (χ2v) is 11.7. The van der Waals surface area contributed by atoms with Gasteiger partial charge in [-0.15, -0.1) is 0 Å². The lowest BCUT2D eigenvalue weighted by atomic mass is 10.1. The zero-order valence-electron chi connectivity index (χ0n) is 13.4. The van der Waals surface area contributed by atoms with Crippen LogP contribution >= 0.6 is 0 Å². The normalized spacial score (nSPS) is 22.9. The number of ether oxygens (including phenoxy) is 2. The average molecular weight is 294 g/mol. The van der Waals surface area contributed by atoms with Gasteiger partial charge in [0, 0.05) is 12.7 Å². The van der Waals surface area contributed by atoms with Crippen LogP contribution in [0, 0.1) is 0 Å². The summed E-state index contributed by atoms with van der Waals surface area (Å²) < 4.78 is 17.7. The van der Waals surface area contributed by atoms with Gasteiger partial charge in [0.15, 0.2) is 14.6 Å². The molecule has 112 valence electrons. The number of hydrogen-bond acceptors (Lipinski definition) is 3. The fourth-order valence-electron chi connectivity index (χ4n) is 2.13. The zero-order valence-corrected chi connectivity index (χ0v) is 14.4. The van der Waals surface area contributed by atoms with Crippen LogP contribution in [0.25, 0.3) is 0 Å². The van der Waals surface area contributed by atoms with Crippen molar-refractivity contribution in [1.82, 2.24) is 0 Å². The first-order chi connectivity index (χ1) is 9.26. The molecule has 20 heavy (non-hydrogen) atoms. The molecule has 1 aliphatic rings. The van der Waals surface area contributed by atoms with Crippen LogP contribution < -0.4 is 0 Å². The van der Waals surface area contributed by atoms with Crippen molar-refractivity contribution in [1.29, 1.82) is 0 Å². The van der Waals surface area contributed by atoms with E-state index in [0.29, 0.717) is 6.61 Å². The van der Waals surface area contributed by atoms with Gasteiger partial charge >= 0.3 is 0 Å². The molecule has 2 atom stereocenters. The Bertz CT molecular complexity index is 465. The van der Waals surface area contributed by atoms with Crippen molar-refractivity contribution in [3.05, 3.63) is 35.4 Å². The number of methoxy groups -OCH3 is 1. The Hall–Kier alpha value is -0.683. The van der Waals surface area contributed by atoms with Gasteiger partial charge in [0.1, 0.15) is 6.10 Å². The van der Waals surface area contributed by atoms with Crippen LogP contribution in [-0.4, -0.2) is 22.0 Å². The van der Waals surface area contributed by atoms with Gasteiger partial charge in [0.2, 0.25) is 0 Å². The molecule has 1 aromatic rings. The van der Waals surface area contributed by atoms with Crippen molar-refractivity contribution in [2.75, 3.05) is 13.7 Å². The monoisotopic (exact) mass is 294 g/mol. The van der Waals surface area contributed by atoms with Crippen molar-refractivity contribution in [2.45, 2.75) is 51.3 Å². The Kier molecular flexibility index (Phi) is 4.40. The molecule has 3 nitrogen and oxygen atoms in total. The lowest BCUT2D eigenvalue weighted by Gasteiger charge is -2.36. The highest BCUT2D eigenvalue weighted by atomic mass is 28.4. The lowest BCUT2D eigenvalue weighted by Crippen LogP contribution is -2.41. The predicted octanol–water partition coefficient (Wildman–Crippen LogP) is 4.42. The van der Waals surface area contributed by atoms with Crippen molar-refractivity contribution in [2.24, 2.45) is 0 Å². The second-order valence-electron chi connectivity index (χ2n) is 6.89. The Balaban J connectivity index is 2.09. The Morgan fingerprint density at radius 3 is 2.30 bits per heavy atom. The minimum atomic E-state index is -1.75. The van der Waals surface area contributed by atoms with Crippen molar-refractivity contribution < 1.29 is 13.9 Å². The molecule has 0 aliphatic carbocycles. The van der Waals surface area contributed by atoms with Gasteiger partial charge in [-0.25, -0.2) is 0 Å². The third-order valence-corrected chi connectivity index (χ3v) is 9.00. The van der Waals surface area contributed by atoms with E-state index in [-0.39, 0.29) is 17.4 Å². The SMILES string of the molecule is COC1OC(CO[Si](C)(C)C(C)(C)C)c2ccccc21. The Morgan fingerprint density at radius 2 is 1.75 bits per heavy atom. The summed E-state index contributed by atoms with van der Waals surface area (Å²) in [6, 6.07) is 8.23. The van der Waals surface area contributed by atoms with E-state index in [0.717, 1.165) is 5.56 Å². The Morgan fingerprint density at radius 1 is 1.15 bits per heavy atom. The van der Waals surface area contributed by atoms with Crippen LogP contribution in [0.15, 0.2) is 24.3 Å². The summed E-state index contributed by atoms with van der Waals surface area (Å²) in [6.07, 6.45) is -0.288. The molecule has 0 radical (unpaired) electrons. The van der Waals surface area contributed by atoms with Gasteiger partial charge in [-0.1, -0.05) is 45.0 Å². The van der Waals surface area contributed by atoms with Crippen LogP contribution in [-0.2, 0) is 13.9 Å². The van der Waals surface area contributed by atoms with E-state index in [4.69, 9.17) is 13.9 Å². The van der Waals surface area contributed by atoms with Crippen LogP contribution in [0.2, 0.25) is 18.1 Å². The number of fused-ring (bicyclic) bond motifs is 1. The van der Waals surface area contributed by atoms with E-state index in [1.54, 1.807) is 7.11 Å². The van der Waals surface area contributed by atoms with Gasteiger partial charge in [0.25, 0.3) is 0 Å². The van der Waals surface area contributed by atoms with Gasteiger partial charge in [-0.3, -0.25) is 0 Å². The van der Waals surface area contributed by atoms with E-state index in [2.05, 4.69) is 46.0 Å². The molecule has 0 bridgehead atoms. The average Bonchev–Trinajstić information content (AvgIpc) is 2.73. The highest BCUT2D eigenvalue weighted by Crippen LogP contribution is 2.42. The third kappa shape index (κ3) is 2.98. The fraction of sp³-hybridized carbons (Fsp3) is 0.625. The van der Waals surface area contributed by atoms with Crippen molar-refractivity contribution in [3.8, 4) is 0 Å². The summed E-state index contributed by atoms with van der Waals surface area (Å²) in [5.74, 6) is 0. The van der Waals surface area contributed by atoms with Crippen molar-refractivity contribution in [3.63, 3.8) is 0 Å². The van der Waals surface area contributed by atoms with E-state index >= 15 is 0 Å². The van der Waals surface area contributed by atoms with Crippen LogP contribution in [0.4, 0.5) is 0 Å². The predicted molar refractivity (Wildman–Crippen MR) is 83.2 cm³/mol. The molecular formula is C16H26O3Si. The molecule has 4 heteroatoms. The highest BCUT2D eigenvalue weighted by Gasteiger charge is 2.39. The zero-order chi connectivity index (χ0) is 15.0. The minimum absolute atomic E-state index is 0.0229. The first-order valence-electron chi connectivity index (χ1n) is 7.17. The summed E-state index contributed by atoms with van der Waals surface area (Å²) in [7, 11) is -0.0676. The van der Waals surface area contributed by atoms with Gasteiger partial charge in [0.05, 0.1) is 6.61 Å². The summed E-state index contributed by atoms with van der Waals surface area (Å²) in [4.78, 5) is 0. The summed E-state index contributed by atoms with van der Waals surface area (Å²) >= 11 is 0. The minimum Gasteiger partial charge on any atom is -0.414 e. The summed E-state index contributed by atoms with van der Waals surface area (Å²) in [5, 5.41) is 0.214. The molecule has 1 aromatic carbocycles. The largest absolute Gasteiger partial charge is 0.414 e. The standard InChI is InChI=1S/C16H26O3Si/c1-16(2,3)20(5,6)18-11-14-12-9-7-8-10-13(12)15(17-4)19-14/h7-10,14-15H,11H2,1-6H3. The molecule has 0 spiro atoms. The van der Waals surface area contributed by atoms with Crippen LogP contribution in [0.1, 0.15) is 44.3 Å². The lowest BCUT2D eigenvalue weighted by molar-refractivity contribution is -0.150.